The van der Waals surface area contributed by atoms with E-state index in [1.807, 2.05) is 19.1 Å². The molecule has 0 radical (unpaired) electrons. The number of ether oxygens (including phenoxy) is 1. The number of thiazole rings is 1. The first kappa shape index (κ1) is 20.2. The number of aromatic nitrogens is 1. The number of hydrogen-bond donors (Lipinski definition) is 0. The molecular weight excluding hydrogens is 402 g/mol. The Balaban J connectivity index is 1.59. The summed E-state index contributed by atoms with van der Waals surface area (Å²) in [7, 11) is 0. The quantitative estimate of drug-likeness (QED) is 0.325. The molecular formula is C22H21N3O4S. The van der Waals surface area contributed by atoms with Crippen LogP contribution in [0, 0.1) is 17.0 Å². The zero-order valence-electron chi connectivity index (χ0n) is 16.5. The van der Waals surface area contributed by atoms with E-state index in [1.54, 1.807) is 23.1 Å². The fraction of sp³-hybridized carbons (Fsp3) is 0.273. The Morgan fingerprint density at radius 3 is 2.83 bits per heavy atom. The molecule has 154 valence electrons. The Kier molecular flexibility index (Phi) is 5.87. The van der Waals surface area contributed by atoms with Gasteiger partial charge in [0, 0.05) is 24.8 Å². The fourth-order valence-electron chi connectivity index (χ4n) is 3.35. The minimum absolute atomic E-state index is 0.00419. The maximum absolute atomic E-state index is 13.1. The molecule has 0 N–H and O–H groups in total. The highest BCUT2D eigenvalue weighted by Gasteiger charge is 2.25. The molecule has 0 bridgehead atoms. The van der Waals surface area contributed by atoms with Crippen molar-refractivity contribution in [2.24, 2.45) is 0 Å². The van der Waals surface area contributed by atoms with Crippen LogP contribution in [0.15, 0.2) is 48.5 Å². The van der Waals surface area contributed by atoms with Crippen LogP contribution in [0.5, 0.6) is 0 Å². The third-order valence-corrected chi connectivity index (χ3v) is 6.00. The summed E-state index contributed by atoms with van der Waals surface area (Å²) in [6.45, 7) is 3.19. The van der Waals surface area contributed by atoms with Crippen molar-refractivity contribution in [2.45, 2.75) is 25.9 Å². The van der Waals surface area contributed by atoms with E-state index >= 15 is 0 Å². The number of carbonyl (C=O) groups excluding carboxylic acids is 1. The van der Waals surface area contributed by atoms with Gasteiger partial charge in [-0.2, -0.15) is 0 Å². The van der Waals surface area contributed by atoms with E-state index in [9.17, 15) is 14.9 Å². The molecule has 1 atom stereocenters. The van der Waals surface area contributed by atoms with Gasteiger partial charge in [0.25, 0.3) is 11.6 Å². The highest BCUT2D eigenvalue weighted by Crippen LogP contribution is 2.31. The summed E-state index contributed by atoms with van der Waals surface area (Å²) in [5, 5.41) is 11.4. The number of nitro benzene ring substituents is 1. The van der Waals surface area contributed by atoms with E-state index in [0.717, 1.165) is 28.6 Å². The molecule has 1 aliphatic rings. The van der Waals surface area contributed by atoms with Crippen molar-refractivity contribution in [3.05, 3.63) is 69.8 Å². The van der Waals surface area contributed by atoms with Crippen LogP contribution >= 0.6 is 11.3 Å². The van der Waals surface area contributed by atoms with Crippen LogP contribution in [-0.4, -0.2) is 35.1 Å². The van der Waals surface area contributed by atoms with Crippen molar-refractivity contribution in [2.75, 3.05) is 18.1 Å². The maximum Gasteiger partial charge on any atom is 0.269 e. The van der Waals surface area contributed by atoms with E-state index in [2.05, 4.69) is 11.1 Å². The number of nitrogens with zero attached hydrogens (tertiary/aromatic N) is 3. The van der Waals surface area contributed by atoms with Gasteiger partial charge in [-0.05, 0) is 61.2 Å². The molecule has 1 unspecified atom stereocenters. The van der Waals surface area contributed by atoms with Gasteiger partial charge < -0.3 is 4.74 Å². The Morgan fingerprint density at radius 1 is 1.33 bits per heavy atom. The van der Waals surface area contributed by atoms with Gasteiger partial charge in [0.05, 0.1) is 27.8 Å². The number of rotatable bonds is 6. The summed E-state index contributed by atoms with van der Waals surface area (Å²) >= 11 is 1.49. The Hall–Kier alpha value is -3.10. The van der Waals surface area contributed by atoms with Crippen molar-refractivity contribution in [3.8, 4) is 0 Å². The van der Waals surface area contributed by atoms with Crippen molar-refractivity contribution in [1.82, 2.24) is 4.98 Å². The van der Waals surface area contributed by atoms with Crippen molar-refractivity contribution in [1.29, 1.82) is 0 Å². The van der Waals surface area contributed by atoms with Crippen molar-refractivity contribution >= 4 is 44.4 Å². The third kappa shape index (κ3) is 4.55. The molecule has 0 aliphatic carbocycles. The molecule has 1 saturated heterocycles. The van der Waals surface area contributed by atoms with Gasteiger partial charge in [0.2, 0.25) is 0 Å². The molecule has 2 heterocycles. The van der Waals surface area contributed by atoms with E-state index in [1.165, 1.54) is 29.5 Å². The average molecular weight is 423 g/mol. The lowest BCUT2D eigenvalue weighted by Crippen LogP contribution is -2.36. The molecule has 8 heteroatoms. The van der Waals surface area contributed by atoms with Crippen molar-refractivity contribution < 1.29 is 14.5 Å². The predicted molar refractivity (Wildman–Crippen MR) is 118 cm³/mol. The zero-order chi connectivity index (χ0) is 21.1. The first-order valence-corrected chi connectivity index (χ1v) is 10.5. The number of non-ortho nitro benzene ring substituents is 1. The van der Waals surface area contributed by atoms with Crippen LogP contribution < -0.4 is 4.90 Å². The zero-order valence-corrected chi connectivity index (χ0v) is 17.3. The third-order valence-electron chi connectivity index (χ3n) is 4.96. The largest absolute Gasteiger partial charge is 0.376 e. The number of anilines is 1. The second kappa shape index (κ2) is 8.73. The Bertz CT molecular complexity index is 1100. The molecule has 3 aromatic rings. The normalized spacial score (nSPS) is 16.4. The minimum atomic E-state index is -0.448. The van der Waals surface area contributed by atoms with Gasteiger partial charge in [-0.25, -0.2) is 4.98 Å². The molecule has 1 aliphatic heterocycles. The number of amides is 1. The monoisotopic (exact) mass is 423 g/mol. The molecule has 7 nitrogen and oxygen atoms in total. The molecule has 0 spiro atoms. The number of hydrogen-bond acceptors (Lipinski definition) is 6. The first-order chi connectivity index (χ1) is 14.5. The number of fused-ring (bicyclic) bond motifs is 1. The molecule has 1 fully saturated rings. The van der Waals surface area contributed by atoms with Crippen LogP contribution in [0.25, 0.3) is 16.3 Å². The summed E-state index contributed by atoms with van der Waals surface area (Å²) in [5.41, 5.74) is 2.74. The van der Waals surface area contributed by atoms with Gasteiger partial charge in [0.15, 0.2) is 5.13 Å². The minimum Gasteiger partial charge on any atom is -0.376 e. The lowest BCUT2D eigenvalue weighted by Gasteiger charge is -2.21. The lowest BCUT2D eigenvalue weighted by molar-refractivity contribution is -0.384. The lowest BCUT2D eigenvalue weighted by atomic mass is 10.2. The van der Waals surface area contributed by atoms with Crippen LogP contribution in [-0.2, 0) is 9.53 Å². The highest BCUT2D eigenvalue weighted by molar-refractivity contribution is 7.22. The summed E-state index contributed by atoms with van der Waals surface area (Å²) in [6.07, 6.45) is 5.04. The standard InChI is InChI=1S/C22H21N3O4S/c1-15-4-10-19-20(13-15)30-22(23-19)24(14-18-3-2-12-29-18)21(26)11-7-16-5-8-17(9-6-16)25(27)28/h4-11,13,18H,2-3,12,14H2,1H3/b11-7-. The Labute approximate surface area is 177 Å². The van der Waals surface area contributed by atoms with Crippen LogP contribution in [0.4, 0.5) is 10.8 Å². The SMILES string of the molecule is Cc1ccc2nc(N(CC3CCCO3)C(=O)/C=C\c3ccc([N+](=O)[O-])cc3)sc2c1. The van der Waals surface area contributed by atoms with Gasteiger partial charge in [-0.1, -0.05) is 17.4 Å². The number of nitro groups is 1. The van der Waals surface area contributed by atoms with Crippen LogP contribution in [0.1, 0.15) is 24.0 Å². The van der Waals surface area contributed by atoms with E-state index < -0.39 is 4.92 Å². The summed E-state index contributed by atoms with van der Waals surface area (Å²) < 4.78 is 6.78. The van der Waals surface area contributed by atoms with Gasteiger partial charge in [0.1, 0.15) is 0 Å². The summed E-state index contributed by atoms with van der Waals surface area (Å²) in [6, 6.07) is 12.1. The summed E-state index contributed by atoms with van der Waals surface area (Å²) in [5.74, 6) is -0.195. The molecule has 1 amide bonds. The molecule has 4 rings (SSSR count). The Morgan fingerprint density at radius 2 is 2.13 bits per heavy atom. The van der Waals surface area contributed by atoms with Gasteiger partial charge in [-0.3, -0.25) is 19.8 Å². The summed E-state index contributed by atoms with van der Waals surface area (Å²) in [4.78, 5) is 29.7. The second-order valence-corrected chi connectivity index (χ2v) is 8.24. The van der Waals surface area contributed by atoms with E-state index in [0.29, 0.717) is 23.8 Å². The number of benzene rings is 2. The first-order valence-electron chi connectivity index (χ1n) is 9.72. The van der Waals surface area contributed by atoms with Crippen LogP contribution in [0.2, 0.25) is 0 Å². The highest BCUT2D eigenvalue weighted by atomic mass is 32.1. The molecule has 0 saturated carbocycles. The van der Waals surface area contributed by atoms with Gasteiger partial charge in [-0.15, -0.1) is 0 Å². The topological polar surface area (TPSA) is 85.6 Å². The smallest absolute Gasteiger partial charge is 0.269 e. The van der Waals surface area contributed by atoms with E-state index in [4.69, 9.17) is 4.74 Å². The number of aryl methyl sites for hydroxylation is 1. The molecule has 1 aromatic heterocycles. The fourth-order valence-corrected chi connectivity index (χ4v) is 4.43. The predicted octanol–water partition coefficient (Wildman–Crippen LogP) is 4.74. The maximum atomic E-state index is 13.1. The molecule has 30 heavy (non-hydrogen) atoms. The van der Waals surface area contributed by atoms with Crippen molar-refractivity contribution in [3.63, 3.8) is 0 Å². The second-order valence-electron chi connectivity index (χ2n) is 7.23. The van der Waals surface area contributed by atoms with Crippen LogP contribution in [0.3, 0.4) is 0 Å². The van der Waals surface area contributed by atoms with E-state index in [-0.39, 0.29) is 17.7 Å². The molecule has 2 aromatic carbocycles. The van der Waals surface area contributed by atoms with Gasteiger partial charge >= 0.3 is 0 Å². The average Bonchev–Trinajstić information content (AvgIpc) is 3.39. The number of carbonyl (C=O) groups is 1.